The molecule has 0 bridgehead atoms. The Morgan fingerprint density at radius 1 is 0.486 bits per heavy atom. The molecule has 0 aliphatic rings. The van der Waals surface area contributed by atoms with Crippen molar-refractivity contribution in [1.29, 1.82) is 0 Å². The smallest absolute Gasteiger partial charge is 0.0892 e. The van der Waals surface area contributed by atoms with E-state index in [4.69, 9.17) is 0 Å². The van der Waals surface area contributed by atoms with Crippen LogP contribution in [-0.4, -0.2) is 19.9 Å². The average molecular weight is 473 g/mol. The lowest BCUT2D eigenvalue weighted by Crippen LogP contribution is -1.88. The number of hydrogen-bond acceptors (Lipinski definition) is 5. The summed E-state index contributed by atoms with van der Waals surface area (Å²) in [6, 6.07) is 20.5. The minimum atomic E-state index is 0.878. The number of hydrogen-bond donors (Lipinski definition) is 0. The molecule has 0 aromatic carbocycles. The third kappa shape index (κ3) is 5.83. The summed E-state index contributed by atoms with van der Waals surface area (Å²) >= 11 is 1.75. The second-order valence-electron chi connectivity index (χ2n) is 8.29. The van der Waals surface area contributed by atoms with Crippen molar-refractivity contribution in [2.24, 2.45) is 0 Å². The molecule has 5 aromatic rings. The largest absolute Gasteiger partial charge is 0.255 e. The highest BCUT2D eigenvalue weighted by Gasteiger charge is 2.03. The summed E-state index contributed by atoms with van der Waals surface area (Å²) < 4.78 is 0. The van der Waals surface area contributed by atoms with E-state index in [1.54, 1.807) is 11.3 Å². The van der Waals surface area contributed by atoms with Crippen molar-refractivity contribution in [3.63, 3.8) is 0 Å². The van der Waals surface area contributed by atoms with Gasteiger partial charge in [-0.1, -0.05) is 12.2 Å². The standard InChI is InChI=1S/C30H24N4S/c1-21-9-13-31-27(17-21)29-19-23(11-15-33-29)3-5-25-7-8-26(35-25)6-4-24-12-16-34-30(20-24)28-18-22(2)10-14-32-28/h3-20H,1-2H3/b5-3+,6-4+. The van der Waals surface area contributed by atoms with Crippen LogP contribution < -0.4 is 0 Å². The number of pyridine rings is 4. The monoisotopic (exact) mass is 472 g/mol. The SMILES string of the molecule is Cc1ccnc(-c2cc(/C=C/c3ccc(/C=C/c4ccnc(-c5cc(C)ccn5)c4)s3)ccn2)c1. The molecule has 0 aliphatic heterocycles. The van der Waals surface area contributed by atoms with E-state index < -0.39 is 0 Å². The van der Waals surface area contributed by atoms with Gasteiger partial charge in [0.15, 0.2) is 0 Å². The molecule has 0 fully saturated rings. The van der Waals surface area contributed by atoms with Crippen LogP contribution in [0.3, 0.4) is 0 Å². The molecule has 0 atom stereocenters. The van der Waals surface area contributed by atoms with Crippen LogP contribution in [0.25, 0.3) is 47.1 Å². The molecule has 0 radical (unpaired) electrons. The zero-order valence-corrected chi connectivity index (χ0v) is 20.4. The average Bonchev–Trinajstić information content (AvgIpc) is 3.35. The van der Waals surface area contributed by atoms with Gasteiger partial charge in [0.1, 0.15) is 0 Å². The maximum Gasteiger partial charge on any atom is 0.0892 e. The third-order valence-corrected chi connectivity index (χ3v) is 6.47. The molecule has 170 valence electrons. The molecule has 4 nitrogen and oxygen atoms in total. The lowest BCUT2D eigenvalue weighted by molar-refractivity contribution is 1.23. The molecule has 0 unspecified atom stereocenters. The fourth-order valence-corrected chi connectivity index (χ4v) is 4.45. The van der Waals surface area contributed by atoms with E-state index in [1.807, 2.05) is 49.1 Å². The van der Waals surface area contributed by atoms with Crippen molar-refractivity contribution >= 4 is 35.6 Å². The van der Waals surface area contributed by atoms with Crippen LogP contribution in [0.4, 0.5) is 0 Å². The van der Waals surface area contributed by atoms with E-state index in [0.717, 1.165) is 33.9 Å². The Morgan fingerprint density at radius 2 is 0.886 bits per heavy atom. The molecule has 5 heterocycles. The number of aryl methyl sites for hydroxylation is 2. The second kappa shape index (κ2) is 10.4. The van der Waals surface area contributed by atoms with E-state index in [-0.39, 0.29) is 0 Å². The molecule has 0 spiro atoms. The first-order valence-electron chi connectivity index (χ1n) is 11.4. The molecule has 0 saturated heterocycles. The molecule has 35 heavy (non-hydrogen) atoms. The second-order valence-corrected chi connectivity index (χ2v) is 9.44. The van der Waals surface area contributed by atoms with Gasteiger partial charge in [-0.2, -0.15) is 0 Å². The molecule has 5 rings (SSSR count). The molecule has 0 amide bonds. The molecular formula is C30H24N4S. The summed E-state index contributed by atoms with van der Waals surface area (Å²) in [7, 11) is 0. The van der Waals surface area contributed by atoms with E-state index in [9.17, 15) is 0 Å². The predicted molar refractivity (Wildman–Crippen MR) is 147 cm³/mol. The minimum absolute atomic E-state index is 0.878. The topological polar surface area (TPSA) is 51.6 Å². The summed E-state index contributed by atoms with van der Waals surface area (Å²) in [5.74, 6) is 0. The van der Waals surface area contributed by atoms with Gasteiger partial charge < -0.3 is 0 Å². The molecule has 5 aromatic heterocycles. The third-order valence-electron chi connectivity index (χ3n) is 5.45. The summed E-state index contributed by atoms with van der Waals surface area (Å²) in [4.78, 5) is 20.2. The molecule has 0 N–H and O–H groups in total. The number of rotatable bonds is 6. The van der Waals surface area contributed by atoms with E-state index in [2.05, 4.69) is 94.5 Å². The molecule has 5 heteroatoms. The van der Waals surface area contributed by atoms with Crippen LogP contribution >= 0.6 is 11.3 Å². The van der Waals surface area contributed by atoms with Crippen molar-refractivity contribution in [2.75, 3.05) is 0 Å². The van der Waals surface area contributed by atoms with Gasteiger partial charge in [0, 0.05) is 34.5 Å². The molecular weight excluding hydrogens is 448 g/mol. The number of thiophene rings is 1. The van der Waals surface area contributed by atoms with Crippen molar-refractivity contribution in [1.82, 2.24) is 19.9 Å². The Kier molecular flexibility index (Phi) is 6.68. The normalized spacial score (nSPS) is 11.5. The lowest BCUT2D eigenvalue weighted by Gasteiger charge is -2.02. The number of nitrogens with zero attached hydrogens (tertiary/aromatic N) is 4. The summed E-state index contributed by atoms with van der Waals surface area (Å²) in [5, 5.41) is 0. The quantitative estimate of drug-likeness (QED) is 0.255. The molecule has 0 aliphatic carbocycles. The Bertz CT molecular complexity index is 1420. The zero-order chi connectivity index (χ0) is 24.0. The first-order valence-corrected chi connectivity index (χ1v) is 12.2. The highest BCUT2D eigenvalue weighted by atomic mass is 32.1. The van der Waals surface area contributed by atoms with Crippen LogP contribution in [0, 0.1) is 13.8 Å². The Labute approximate surface area is 209 Å². The fraction of sp³-hybridized carbons (Fsp3) is 0.0667. The minimum Gasteiger partial charge on any atom is -0.255 e. The van der Waals surface area contributed by atoms with Gasteiger partial charge in [-0.05, 0) is 109 Å². The first-order chi connectivity index (χ1) is 17.1. The van der Waals surface area contributed by atoms with Crippen LogP contribution in [0.1, 0.15) is 32.0 Å². The van der Waals surface area contributed by atoms with Crippen LogP contribution in [-0.2, 0) is 0 Å². The highest BCUT2D eigenvalue weighted by Crippen LogP contribution is 2.23. The Balaban J connectivity index is 1.29. The van der Waals surface area contributed by atoms with E-state index in [0.29, 0.717) is 0 Å². The van der Waals surface area contributed by atoms with E-state index in [1.165, 1.54) is 20.9 Å². The van der Waals surface area contributed by atoms with E-state index >= 15 is 0 Å². The van der Waals surface area contributed by atoms with Crippen molar-refractivity contribution in [2.45, 2.75) is 13.8 Å². The van der Waals surface area contributed by atoms with Gasteiger partial charge in [-0.3, -0.25) is 19.9 Å². The highest BCUT2D eigenvalue weighted by molar-refractivity contribution is 7.13. The van der Waals surface area contributed by atoms with Crippen LogP contribution in [0.15, 0.2) is 85.5 Å². The molecule has 0 saturated carbocycles. The summed E-state index contributed by atoms with van der Waals surface area (Å²) in [6.45, 7) is 4.12. The van der Waals surface area contributed by atoms with Crippen LogP contribution in [0.5, 0.6) is 0 Å². The maximum atomic E-state index is 4.48. The fourth-order valence-electron chi connectivity index (χ4n) is 3.64. The summed E-state index contributed by atoms with van der Waals surface area (Å²) in [5.41, 5.74) is 8.07. The van der Waals surface area contributed by atoms with Gasteiger partial charge in [0.05, 0.1) is 22.8 Å². The lowest BCUT2D eigenvalue weighted by atomic mass is 10.1. The van der Waals surface area contributed by atoms with Crippen molar-refractivity contribution in [3.05, 3.63) is 117 Å². The zero-order valence-electron chi connectivity index (χ0n) is 19.6. The van der Waals surface area contributed by atoms with Gasteiger partial charge in [0.25, 0.3) is 0 Å². The first kappa shape index (κ1) is 22.6. The maximum absolute atomic E-state index is 4.48. The van der Waals surface area contributed by atoms with Crippen LogP contribution in [0.2, 0.25) is 0 Å². The predicted octanol–water partition coefficient (Wildman–Crippen LogP) is 7.62. The summed E-state index contributed by atoms with van der Waals surface area (Å²) in [6.07, 6.45) is 15.8. The van der Waals surface area contributed by atoms with Gasteiger partial charge in [-0.15, -0.1) is 11.3 Å². The van der Waals surface area contributed by atoms with Gasteiger partial charge in [0.2, 0.25) is 0 Å². The van der Waals surface area contributed by atoms with Crippen molar-refractivity contribution in [3.8, 4) is 22.8 Å². The van der Waals surface area contributed by atoms with Crippen molar-refractivity contribution < 1.29 is 0 Å². The van der Waals surface area contributed by atoms with Gasteiger partial charge in [-0.25, -0.2) is 0 Å². The Morgan fingerprint density at radius 3 is 1.31 bits per heavy atom. The van der Waals surface area contributed by atoms with Gasteiger partial charge >= 0.3 is 0 Å². The number of aromatic nitrogens is 4. The Hall–Kier alpha value is -4.22.